The van der Waals surface area contributed by atoms with E-state index in [4.69, 9.17) is 0 Å². The molecule has 0 aliphatic heterocycles. The predicted octanol–water partition coefficient (Wildman–Crippen LogP) is -5.33. The van der Waals surface area contributed by atoms with Crippen LogP contribution in [0.4, 0.5) is 0 Å². The molecule has 0 aromatic heterocycles. The van der Waals surface area contributed by atoms with Crippen molar-refractivity contribution in [2.45, 2.75) is 49.3 Å². The third-order valence-electron chi connectivity index (χ3n) is 5.12. The molecule has 2 aliphatic carbocycles. The largest absolute Gasteiger partial charge is 1.00 e. The van der Waals surface area contributed by atoms with E-state index in [1.54, 1.807) is 21.9 Å². The first-order valence-electron chi connectivity index (χ1n) is 7.82. The zero-order chi connectivity index (χ0) is 14.2. The van der Waals surface area contributed by atoms with Gasteiger partial charge in [0.2, 0.25) is 0 Å². The number of aryl methyl sites for hydroxylation is 1. The van der Waals surface area contributed by atoms with E-state index in [2.05, 4.69) is 64.6 Å². The van der Waals surface area contributed by atoms with E-state index in [0.29, 0.717) is 3.72 Å². The van der Waals surface area contributed by atoms with Crippen molar-refractivity contribution in [2.24, 2.45) is 0 Å². The van der Waals surface area contributed by atoms with E-state index in [0.717, 1.165) is 0 Å². The summed E-state index contributed by atoms with van der Waals surface area (Å²) in [7, 11) is -0.181. The van der Waals surface area contributed by atoms with Crippen LogP contribution in [0.1, 0.15) is 36.8 Å². The summed E-state index contributed by atoms with van der Waals surface area (Å²) < 4.78 is 0.387. The maximum absolute atomic E-state index is 2.51. The van der Waals surface area contributed by atoms with E-state index in [1.807, 2.05) is 0 Å². The summed E-state index contributed by atoms with van der Waals surface area (Å²) in [5.74, 6) is 0. The number of hydrogen-bond acceptors (Lipinski definition) is 0. The molecule has 124 valence electrons. The van der Waals surface area contributed by atoms with Crippen LogP contribution in [0.5, 0.6) is 0 Å². The van der Waals surface area contributed by atoms with Crippen LogP contribution in [-0.2, 0) is 20.4 Å². The number of benzene rings is 1. The van der Waals surface area contributed by atoms with Crippen molar-refractivity contribution in [3.63, 3.8) is 0 Å². The van der Waals surface area contributed by atoms with Crippen LogP contribution in [0.2, 0.25) is 9.76 Å². The molecular formula is C18H23Cl3SiTi. The molecule has 1 aromatic carbocycles. The molecule has 23 heavy (non-hydrogen) atoms. The molecule has 0 amide bonds. The molecule has 0 spiro atoms. The fourth-order valence-electron chi connectivity index (χ4n) is 3.61. The Balaban J connectivity index is 0.00000161. The molecule has 0 N–H and O–H groups in total. The topological polar surface area (TPSA) is 0 Å². The molecule has 0 fully saturated rings. The average molecular weight is 422 g/mol. The molecule has 0 nitrogen and oxygen atoms in total. The number of halogens is 3. The first kappa shape index (κ1) is 23.5. The first-order valence-corrected chi connectivity index (χ1v) is 10.3. The molecule has 0 bridgehead atoms. The number of allylic oxidation sites excluding steroid dienone is 4. The van der Waals surface area contributed by atoms with Gasteiger partial charge in [-0.1, -0.05) is 0 Å². The summed E-state index contributed by atoms with van der Waals surface area (Å²) in [5, 5.41) is 1.67. The standard InChI is InChI=1S/C18H23Si.3ClH.Ti/c1-13-6-5-9-18(14(13)2)19-12-16-11-10-15-7-3-4-8-17(15)16;;;;/h5-6,9-11H,3-4,7-8,12,19H2,1-2H3;3*1H;/q;;;;+3/p-3. The molecule has 1 unspecified atom stereocenters. The van der Waals surface area contributed by atoms with Gasteiger partial charge in [0.25, 0.3) is 0 Å². The average Bonchev–Trinajstić information content (AvgIpc) is 2.79. The van der Waals surface area contributed by atoms with Crippen LogP contribution in [-0.4, -0.2) is 9.52 Å². The molecule has 1 atom stereocenters. The zero-order valence-electron chi connectivity index (χ0n) is 13.8. The van der Waals surface area contributed by atoms with E-state index >= 15 is 0 Å². The van der Waals surface area contributed by atoms with Gasteiger partial charge in [0, 0.05) is 0 Å². The Kier molecular flexibility index (Phi) is 10.1. The van der Waals surface area contributed by atoms with Crippen LogP contribution in [0.15, 0.2) is 41.5 Å². The SMILES string of the molecule is Cc1cccc([SiH2]C[C]2([Ti+3])C=CC3=C2CCCC3)c1C.[Cl-].[Cl-].[Cl-]. The zero-order valence-corrected chi connectivity index (χ0v) is 19.0. The van der Waals surface area contributed by atoms with Gasteiger partial charge in [-0.25, -0.2) is 0 Å². The minimum absolute atomic E-state index is 0. The van der Waals surface area contributed by atoms with Crippen LogP contribution in [0.3, 0.4) is 0 Å². The van der Waals surface area contributed by atoms with Crippen molar-refractivity contribution in [1.29, 1.82) is 0 Å². The monoisotopic (exact) mass is 420 g/mol. The summed E-state index contributed by atoms with van der Waals surface area (Å²) in [6, 6.07) is 8.24. The van der Waals surface area contributed by atoms with Crippen LogP contribution >= 0.6 is 0 Å². The predicted molar refractivity (Wildman–Crippen MR) is 86.2 cm³/mol. The van der Waals surface area contributed by atoms with Crippen molar-refractivity contribution in [1.82, 2.24) is 0 Å². The van der Waals surface area contributed by atoms with Gasteiger partial charge >= 0.3 is 137 Å². The maximum atomic E-state index is 2.51. The van der Waals surface area contributed by atoms with Gasteiger partial charge in [0.05, 0.1) is 0 Å². The van der Waals surface area contributed by atoms with Crippen molar-refractivity contribution in [3.8, 4) is 0 Å². The van der Waals surface area contributed by atoms with Crippen molar-refractivity contribution < 1.29 is 57.7 Å². The number of hydrogen-bond donors (Lipinski definition) is 0. The first-order chi connectivity index (χ1) is 9.60. The van der Waals surface area contributed by atoms with Crippen LogP contribution in [0.25, 0.3) is 0 Å². The fraction of sp³-hybridized carbons (Fsp3) is 0.444. The van der Waals surface area contributed by atoms with Gasteiger partial charge in [-0.15, -0.1) is 0 Å². The van der Waals surface area contributed by atoms with E-state index in [9.17, 15) is 0 Å². The fourth-order valence-corrected chi connectivity index (χ4v) is 6.86. The van der Waals surface area contributed by atoms with Crippen molar-refractivity contribution in [3.05, 3.63) is 52.6 Å². The minimum atomic E-state index is -0.181. The second-order valence-electron chi connectivity index (χ2n) is 6.37. The molecule has 2 aliphatic rings. The molecule has 1 aromatic rings. The Morgan fingerprint density at radius 3 is 2.52 bits per heavy atom. The van der Waals surface area contributed by atoms with Gasteiger partial charge in [-0.2, -0.15) is 0 Å². The third kappa shape index (κ3) is 5.00. The van der Waals surface area contributed by atoms with Gasteiger partial charge in [-0.05, 0) is 0 Å². The van der Waals surface area contributed by atoms with E-state index in [-0.39, 0.29) is 46.7 Å². The van der Waals surface area contributed by atoms with Crippen molar-refractivity contribution >= 4 is 14.7 Å². The Hall–Kier alpha value is 0.501. The van der Waals surface area contributed by atoms with E-state index in [1.165, 1.54) is 37.3 Å². The van der Waals surface area contributed by atoms with Gasteiger partial charge < -0.3 is 37.2 Å². The molecule has 0 saturated carbocycles. The van der Waals surface area contributed by atoms with Gasteiger partial charge in [0.1, 0.15) is 0 Å². The molecule has 3 rings (SSSR count). The molecule has 0 saturated heterocycles. The summed E-state index contributed by atoms with van der Waals surface area (Å²) >= 11 is 2.48. The second-order valence-corrected chi connectivity index (χ2v) is 9.53. The summed E-state index contributed by atoms with van der Waals surface area (Å²) in [4.78, 5) is 0. The van der Waals surface area contributed by atoms with Crippen LogP contribution < -0.4 is 42.4 Å². The summed E-state index contributed by atoms with van der Waals surface area (Å²) in [6.45, 7) is 4.54. The second kappa shape index (κ2) is 9.85. The smallest absolute Gasteiger partial charge is 1.00 e. The molecule has 0 heterocycles. The Morgan fingerprint density at radius 2 is 1.78 bits per heavy atom. The number of rotatable bonds is 3. The minimum Gasteiger partial charge on any atom is -1.00 e. The normalized spacial score (nSPS) is 22.4. The van der Waals surface area contributed by atoms with Crippen LogP contribution in [0, 0.1) is 13.8 Å². The quantitative estimate of drug-likeness (QED) is 0.428. The van der Waals surface area contributed by atoms with Crippen molar-refractivity contribution in [2.75, 3.05) is 0 Å². The summed E-state index contributed by atoms with van der Waals surface area (Å²) in [6.07, 6.45) is 10.4. The molecule has 0 radical (unpaired) electrons. The maximum Gasteiger partial charge on any atom is -1.00 e. The van der Waals surface area contributed by atoms with Gasteiger partial charge in [0.15, 0.2) is 0 Å². The summed E-state index contributed by atoms with van der Waals surface area (Å²) in [5.41, 5.74) is 6.46. The van der Waals surface area contributed by atoms with E-state index < -0.39 is 0 Å². The Morgan fingerprint density at radius 1 is 1.09 bits per heavy atom. The third-order valence-corrected chi connectivity index (χ3v) is 9.37. The Bertz CT molecular complexity index is 598. The Labute approximate surface area is 173 Å². The molecule has 5 heteroatoms. The molecular weight excluding hydrogens is 399 g/mol. The van der Waals surface area contributed by atoms with Gasteiger partial charge in [-0.3, -0.25) is 0 Å².